The molecule has 0 unspecified atom stereocenters. The molecule has 0 bridgehead atoms. The van der Waals surface area contributed by atoms with Crippen molar-refractivity contribution in [1.82, 2.24) is 4.98 Å². The maximum atomic E-state index is 11.1. The van der Waals surface area contributed by atoms with Gasteiger partial charge in [-0.25, -0.2) is 4.98 Å². The molecule has 0 saturated carbocycles. The highest BCUT2D eigenvalue weighted by Gasteiger charge is 2.16. The highest BCUT2D eigenvalue weighted by molar-refractivity contribution is 6.30. The van der Waals surface area contributed by atoms with Crippen molar-refractivity contribution in [3.63, 3.8) is 0 Å². The Morgan fingerprint density at radius 3 is 2.65 bits per heavy atom. The lowest BCUT2D eigenvalue weighted by Crippen LogP contribution is -1.97. The number of nitro groups is 1. The van der Waals surface area contributed by atoms with Gasteiger partial charge in [-0.15, -0.1) is 0 Å². The molecule has 1 aromatic heterocycles. The molecule has 0 aliphatic carbocycles. The van der Waals surface area contributed by atoms with E-state index in [0.29, 0.717) is 5.02 Å². The first kappa shape index (κ1) is 14.0. The van der Waals surface area contributed by atoms with E-state index in [9.17, 15) is 14.9 Å². The molecule has 102 valence electrons. The number of benzene rings is 1. The van der Waals surface area contributed by atoms with Gasteiger partial charge in [0.2, 0.25) is 5.75 Å². The van der Waals surface area contributed by atoms with Crippen LogP contribution in [0.15, 0.2) is 36.5 Å². The van der Waals surface area contributed by atoms with Crippen molar-refractivity contribution in [2.45, 2.75) is 6.92 Å². The quantitative estimate of drug-likeness (QED) is 0.488. The summed E-state index contributed by atoms with van der Waals surface area (Å²) in [5.74, 6) is 0.116. The summed E-state index contributed by atoms with van der Waals surface area (Å²) in [5.41, 5.74) is 0.0861. The zero-order valence-electron chi connectivity index (χ0n) is 10.4. The summed E-state index contributed by atoms with van der Waals surface area (Å²) < 4.78 is 5.39. The molecule has 0 aliphatic rings. The van der Waals surface area contributed by atoms with E-state index in [0.717, 1.165) is 0 Å². The summed E-state index contributed by atoms with van der Waals surface area (Å²) in [7, 11) is 0. The number of carbonyl (C=O) groups is 1. The van der Waals surface area contributed by atoms with Crippen molar-refractivity contribution < 1.29 is 14.5 Å². The smallest absolute Gasteiger partial charge is 0.311 e. The maximum absolute atomic E-state index is 11.1. The second-order valence-corrected chi connectivity index (χ2v) is 4.34. The standard InChI is InChI=1S/C13H9ClN2O4/c1-8(17)11-4-3-10(7-15-11)20-13-6-9(14)2-5-12(13)16(18)19/h2-7H,1H3. The predicted molar refractivity (Wildman–Crippen MR) is 72.4 cm³/mol. The average Bonchev–Trinajstić information content (AvgIpc) is 2.39. The van der Waals surface area contributed by atoms with Crippen LogP contribution in [-0.2, 0) is 0 Å². The van der Waals surface area contributed by atoms with Crippen LogP contribution in [0.3, 0.4) is 0 Å². The fourth-order valence-electron chi connectivity index (χ4n) is 1.50. The van der Waals surface area contributed by atoms with E-state index in [1.54, 1.807) is 0 Å². The Labute approximate surface area is 119 Å². The molecule has 0 amide bonds. The number of ether oxygens (including phenoxy) is 1. The summed E-state index contributed by atoms with van der Waals surface area (Å²) in [6.07, 6.45) is 1.32. The van der Waals surface area contributed by atoms with Crippen molar-refractivity contribution in [2.75, 3.05) is 0 Å². The molecule has 0 spiro atoms. The minimum Gasteiger partial charge on any atom is -0.448 e. The van der Waals surface area contributed by atoms with Gasteiger partial charge >= 0.3 is 5.69 Å². The SMILES string of the molecule is CC(=O)c1ccc(Oc2cc(Cl)ccc2[N+](=O)[O-])cn1. The van der Waals surface area contributed by atoms with Crippen molar-refractivity contribution in [2.24, 2.45) is 0 Å². The summed E-state index contributed by atoms with van der Waals surface area (Å²) in [4.78, 5) is 25.3. The van der Waals surface area contributed by atoms with Crippen LogP contribution in [0.4, 0.5) is 5.69 Å². The largest absolute Gasteiger partial charge is 0.448 e. The van der Waals surface area contributed by atoms with Gasteiger partial charge in [0.1, 0.15) is 11.4 Å². The summed E-state index contributed by atoms with van der Waals surface area (Å²) in [6, 6.07) is 7.00. The van der Waals surface area contributed by atoms with Gasteiger partial charge in [0.25, 0.3) is 0 Å². The Hall–Kier alpha value is -2.47. The van der Waals surface area contributed by atoms with Gasteiger partial charge in [0.05, 0.1) is 11.1 Å². The molecule has 0 radical (unpaired) electrons. The van der Waals surface area contributed by atoms with Crippen molar-refractivity contribution in [3.05, 3.63) is 57.4 Å². The highest BCUT2D eigenvalue weighted by Crippen LogP contribution is 2.33. The van der Waals surface area contributed by atoms with E-state index in [-0.39, 0.29) is 28.7 Å². The summed E-state index contributed by atoms with van der Waals surface area (Å²) in [5, 5.41) is 11.2. The van der Waals surface area contributed by atoms with E-state index in [4.69, 9.17) is 16.3 Å². The first-order valence-electron chi connectivity index (χ1n) is 5.56. The molecule has 0 aliphatic heterocycles. The van der Waals surface area contributed by atoms with E-state index < -0.39 is 4.92 Å². The Kier molecular flexibility index (Phi) is 3.95. The number of ketones is 1. The number of rotatable bonds is 4. The summed E-state index contributed by atoms with van der Waals surface area (Å²) >= 11 is 5.79. The normalized spacial score (nSPS) is 10.1. The van der Waals surface area contributed by atoms with Crippen LogP contribution in [-0.4, -0.2) is 15.7 Å². The second-order valence-electron chi connectivity index (χ2n) is 3.91. The third kappa shape index (κ3) is 3.10. The first-order valence-corrected chi connectivity index (χ1v) is 5.94. The Balaban J connectivity index is 2.31. The highest BCUT2D eigenvalue weighted by atomic mass is 35.5. The van der Waals surface area contributed by atoms with Gasteiger partial charge in [-0.1, -0.05) is 11.6 Å². The van der Waals surface area contributed by atoms with Gasteiger partial charge in [-0.2, -0.15) is 0 Å². The molecule has 0 saturated heterocycles. The lowest BCUT2D eigenvalue weighted by atomic mass is 10.2. The number of Topliss-reactive ketones (excluding diaryl/α,β-unsaturated/α-hetero) is 1. The van der Waals surface area contributed by atoms with Crippen LogP contribution in [0, 0.1) is 10.1 Å². The zero-order chi connectivity index (χ0) is 14.7. The molecule has 6 nitrogen and oxygen atoms in total. The molecule has 7 heteroatoms. The molecule has 1 aromatic carbocycles. The van der Waals surface area contributed by atoms with Gasteiger partial charge in [0.15, 0.2) is 5.78 Å². The van der Waals surface area contributed by atoms with E-state index in [1.807, 2.05) is 0 Å². The van der Waals surface area contributed by atoms with Crippen LogP contribution in [0.1, 0.15) is 17.4 Å². The van der Waals surface area contributed by atoms with E-state index in [1.165, 1.54) is 43.5 Å². The molecule has 2 rings (SSSR count). The van der Waals surface area contributed by atoms with Crippen LogP contribution >= 0.6 is 11.6 Å². The fraction of sp³-hybridized carbons (Fsp3) is 0.0769. The minimum absolute atomic E-state index is 0.0138. The van der Waals surface area contributed by atoms with Gasteiger partial charge in [-0.05, 0) is 18.2 Å². The zero-order valence-corrected chi connectivity index (χ0v) is 11.1. The van der Waals surface area contributed by atoms with Crippen LogP contribution < -0.4 is 4.74 Å². The number of nitro benzene ring substituents is 1. The number of nitrogens with zero attached hydrogens (tertiary/aromatic N) is 2. The summed E-state index contributed by atoms with van der Waals surface area (Å²) in [6.45, 7) is 1.39. The minimum atomic E-state index is -0.566. The molecule has 0 N–H and O–H groups in total. The van der Waals surface area contributed by atoms with Crippen LogP contribution in [0.25, 0.3) is 0 Å². The molecule has 1 heterocycles. The molecular weight excluding hydrogens is 284 g/mol. The Morgan fingerprint density at radius 2 is 2.10 bits per heavy atom. The van der Waals surface area contributed by atoms with Crippen molar-refractivity contribution in [1.29, 1.82) is 0 Å². The van der Waals surface area contributed by atoms with E-state index >= 15 is 0 Å². The third-order valence-electron chi connectivity index (χ3n) is 2.44. The Bertz CT molecular complexity index is 671. The van der Waals surface area contributed by atoms with Gasteiger partial charge < -0.3 is 4.74 Å². The number of aromatic nitrogens is 1. The topological polar surface area (TPSA) is 82.3 Å². The molecular formula is C13H9ClN2O4. The molecule has 0 fully saturated rings. The molecule has 0 atom stereocenters. The van der Waals surface area contributed by atoms with Gasteiger partial charge in [-0.3, -0.25) is 14.9 Å². The lowest BCUT2D eigenvalue weighted by Gasteiger charge is -2.06. The van der Waals surface area contributed by atoms with Crippen molar-refractivity contribution in [3.8, 4) is 11.5 Å². The second kappa shape index (κ2) is 5.66. The predicted octanol–water partition coefficient (Wildman–Crippen LogP) is 3.64. The average molecular weight is 293 g/mol. The monoisotopic (exact) mass is 292 g/mol. The molecule has 2 aromatic rings. The van der Waals surface area contributed by atoms with Crippen molar-refractivity contribution >= 4 is 23.1 Å². The first-order chi connectivity index (χ1) is 9.47. The fourth-order valence-corrected chi connectivity index (χ4v) is 1.66. The third-order valence-corrected chi connectivity index (χ3v) is 2.68. The number of hydrogen-bond acceptors (Lipinski definition) is 5. The number of pyridine rings is 1. The van der Waals surface area contributed by atoms with Crippen LogP contribution in [0.2, 0.25) is 5.02 Å². The molecule has 20 heavy (non-hydrogen) atoms. The lowest BCUT2D eigenvalue weighted by molar-refractivity contribution is -0.385. The van der Waals surface area contributed by atoms with Crippen LogP contribution in [0.5, 0.6) is 11.5 Å². The Morgan fingerprint density at radius 1 is 1.35 bits per heavy atom. The number of hydrogen-bond donors (Lipinski definition) is 0. The van der Waals surface area contributed by atoms with Gasteiger partial charge in [0, 0.05) is 24.1 Å². The maximum Gasteiger partial charge on any atom is 0.311 e. The number of carbonyl (C=O) groups excluding carboxylic acids is 1. The van der Waals surface area contributed by atoms with E-state index in [2.05, 4.69) is 4.98 Å². The number of halogens is 1.